The lowest BCUT2D eigenvalue weighted by Gasteiger charge is -2.37. The molecule has 27 heavy (non-hydrogen) atoms. The van der Waals surface area contributed by atoms with Crippen molar-refractivity contribution in [2.75, 3.05) is 0 Å². The molecule has 0 aliphatic carbocycles. The standard InChI is InChI=1S/C20H25N5O.BrH/c1-13-10-11-16(15-8-6-5-7-9-15)14(2)17(13)12-26-25-19(22)23-18(21)24-20(25,3)4;/h5-11H,12H2,1-4H3,(H4,21,22,23,24);1H. The Bertz CT molecular complexity index is 877. The molecule has 0 atom stereocenters. The van der Waals surface area contributed by atoms with Crippen molar-refractivity contribution < 1.29 is 4.84 Å². The van der Waals surface area contributed by atoms with Gasteiger partial charge in [-0.2, -0.15) is 10.1 Å². The van der Waals surface area contributed by atoms with Gasteiger partial charge in [0, 0.05) is 0 Å². The van der Waals surface area contributed by atoms with Crippen LogP contribution in [0.1, 0.15) is 30.5 Å². The number of halogens is 1. The fourth-order valence-electron chi connectivity index (χ4n) is 3.19. The Hall–Kier alpha value is -2.38. The van der Waals surface area contributed by atoms with Gasteiger partial charge < -0.3 is 11.5 Å². The first-order valence-electron chi connectivity index (χ1n) is 8.57. The molecule has 4 N–H and O–H groups in total. The highest BCUT2D eigenvalue weighted by Gasteiger charge is 2.33. The summed E-state index contributed by atoms with van der Waals surface area (Å²) in [5, 5.41) is 1.51. The van der Waals surface area contributed by atoms with Crippen LogP contribution in [0.15, 0.2) is 52.4 Å². The van der Waals surface area contributed by atoms with Crippen LogP contribution >= 0.6 is 17.0 Å². The van der Waals surface area contributed by atoms with Crippen molar-refractivity contribution >= 4 is 28.9 Å². The predicted octanol–water partition coefficient (Wildman–Crippen LogP) is 3.66. The van der Waals surface area contributed by atoms with Crippen LogP contribution in [0.2, 0.25) is 0 Å². The largest absolute Gasteiger partial charge is 0.368 e. The van der Waals surface area contributed by atoms with E-state index in [9.17, 15) is 0 Å². The molecule has 144 valence electrons. The summed E-state index contributed by atoms with van der Waals surface area (Å²) in [6, 6.07) is 14.6. The molecule has 0 amide bonds. The quantitative estimate of drug-likeness (QED) is 0.772. The van der Waals surface area contributed by atoms with E-state index >= 15 is 0 Å². The third-order valence-corrected chi connectivity index (χ3v) is 4.58. The van der Waals surface area contributed by atoms with E-state index in [1.54, 1.807) is 0 Å². The number of nitrogens with two attached hydrogens (primary N) is 2. The molecule has 0 fully saturated rings. The van der Waals surface area contributed by atoms with Gasteiger partial charge in [-0.3, -0.25) is 4.84 Å². The number of hydrogen-bond donors (Lipinski definition) is 2. The van der Waals surface area contributed by atoms with Gasteiger partial charge in [-0.1, -0.05) is 42.5 Å². The Morgan fingerprint density at radius 2 is 1.70 bits per heavy atom. The summed E-state index contributed by atoms with van der Waals surface area (Å²) in [5.74, 6) is 0.364. The summed E-state index contributed by atoms with van der Waals surface area (Å²) >= 11 is 0. The van der Waals surface area contributed by atoms with E-state index < -0.39 is 5.66 Å². The second-order valence-corrected chi connectivity index (χ2v) is 6.90. The van der Waals surface area contributed by atoms with Crippen molar-refractivity contribution in [3.8, 4) is 11.1 Å². The summed E-state index contributed by atoms with van der Waals surface area (Å²) in [4.78, 5) is 14.3. The molecule has 1 aliphatic heterocycles. The summed E-state index contributed by atoms with van der Waals surface area (Å²) in [6.07, 6.45) is 0. The maximum absolute atomic E-state index is 6.01. The van der Waals surface area contributed by atoms with Crippen LogP contribution in [0.25, 0.3) is 11.1 Å². The fraction of sp³-hybridized carbons (Fsp3) is 0.300. The minimum Gasteiger partial charge on any atom is -0.368 e. The second kappa shape index (κ2) is 8.10. The number of hydrogen-bond acceptors (Lipinski definition) is 6. The lowest BCUT2D eigenvalue weighted by Crippen LogP contribution is -2.53. The molecule has 2 aromatic rings. The van der Waals surface area contributed by atoms with Gasteiger partial charge in [-0.25, -0.2) is 4.99 Å². The zero-order valence-corrected chi connectivity index (χ0v) is 17.8. The molecule has 0 radical (unpaired) electrons. The van der Waals surface area contributed by atoms with Crippen molar-refractivity contribution in [1.82, 2.24) is 5.06 Å². The van der Waals surface area contributed by atoms with Gasteiger partial charge in [0.15, 0.2) is 5.66 Å². The molecular weight excluding hydrogens is 406 g/mol. The first kappa shape index (κ1) is 20.9. The van der Waals surface area contributed by atoms with Crippen LogP contribution in [0.3, 0.4) is 0 Å². The average molecular weight is 432 g/mol. The summed E-state index contributed by atoms with van der Waals surface area (Å²) < 4.78 is 0. The van der Waals surface area contributed by atoms with E-state index in [0.717, 1.165) is 11.1 Å². The summed E-state index contributed by atoms with van der Waals surface area (Å²) in [5.41, 5.74) is 16.8. The molecule has 1 aliphatic rings. The molecule has 7 heteroatoms. The highest BCUT2D eigenvalue weighted by molar-refractivity contribution is 8.93. The van der Waals surface area contributed by atoms with Crippen molar-refractivity contribution in [3.05, 3.63) is 59.2 Å². The summed E-state index contributed by atoms with van der Waals surface area (Å²) in [6.45, 7) is 8.31. The molecule has 0 saturated carbocycles. The van der Waals surface area contributed by atoms with Crippen LogP contribution in [0.4, 0.5) is 0 Å². The monoisotopic (exact) mass is 431 g/mol. The van der Waals surface area contributed by atoms with E-state index in [2.05, 4.69) is 48.1 Å². The number of aryl methyl sites for hydroxylation is 1. The van der Waals surface area contributed by atoms with E-state index in [1.807, 2.05) is 32.0 Å². The Morgan fingerprint density at radius 3 is 2.33 bits per heavy atom. The van der Waals surface area contributed by atoms with Crippen molar-refractivity contribution in [2.24, 2.45) is 21.5 Å². The van der Waals surface area contributed by atoms with E-state index in [-0.39, 0.29) is 28.9 Å². The molecular formula is C20H26BrN5O. The average Bonchev–Trinajstić information content (AvgIpc) is 2.56. The number of aliphatic imine (C=N–C) groups is 2. The normalized spacial score (nSPS) is 15.6. The highest BCUT2D eigenvalue weighted by Crippen LogP contribution is 2.29. The Balaban J connectivity index is 0.00000261. The van der Waals surface area contributed by atoms with Crippen LogP contribution in [0.5, 0.6) is 0 Å². The molecule has 0 aromatic heterocycles. The molecule has 2 aromatic carbocycles. The number of rotatable bonds is 4. The predicted molar refractivity (Wildman–Crippen MR) is 116 cm³/mol. The molecule has 1 heterocycles. The van der Waals surface area contributed by atoms with Gasteiger partial charge in [-0.05, 0) is 55.5 Å². The number of guanidine groups is 2. The van der Waals surface area contributed by atoms with E-state index in [1.165, 1.54) is 21.8 Å². The number of benzene rings is 2. The highest BCUT2D eigenvalue weighted by atomic mass is 79.9. The topological polar surface area (TPSA) is 89.2 Å². The smallest absolute Gasteiger partial charge is 0.226 e. The zero-order valence-electron chi connectivity index (χ0n) is 16.1. The van der Waals surface area contributed by atoms with Crippen molar-refractivity contribution in [3.63, 3.8) is 0 Å². The van der Waals surface area contributed by atoms with Crippen LogP contribution in [0, 0.1) is 13.8 Å². The first-order valence-corrected chi connectivity index (χ1v) is 8.57. The Labute approximate surface area is 170 Å². The minimum absolute atomic E-state index is 0. The number of nitrogens with zero attached hydrogens (tertiary/aromatic N) is 3. The van der Waals surface area contributed by atoms with Crippen molar-refractivity contribution in [2.45, 2.75) is 40.0 Å². The Morgan fingerprint density at radius 1 is 1.04 bits per heavy atom. The fourth-order valence-corrected chi connectivity index (χ4v) is 3.19. The zero-order chi connectivity index (χ0) is 18.9. The molecule has 0 unspecified atom stereocenters. The van der Waals surface area contributed by atoms with Gasteiger partial charge in [0.25, 0.3) is 0 Å². The summed E-state index contributed by atoms with van der Waals surface area (Å²) in [7, 11) is 0. The maximum Gasteiger partial charge on any atom is 0.226 e. The molecule has 6 nitrogen and oxygen atoms in total. The Kier molecular flexibility index (Phi) is 6.28. The van der Waals surface area contributed by atoms with Gasteiger partial charge >= 0.3 is 0 Å². The maximum atomic E-state index is 6.01. The van der Waals surface area contributed by atoms with Crippen LogP contribution in [-0.2, 0) is 11.4 Å². The lowest BCUT2D eigenvalue weighted by molar-refractivity contribution is -0.167. The molecule has 0 spiro atoms. The van der Waals surface area contributed by atoms with Gasteiger partial charge in [0.2, 0.25) is 11.9 Å². The molecule has 3 rings (SSSR count). The minimum atomic E-state index is -0.714. The van der Waals surface area contributed by atoms with E-state index in [0.29, 0.717) is 6.61 Å². The van der Waals surface area contributed by atoms with Gasteiger partial charge in [-0.15, -0.1) is 17.0 Å². The van der Waals surface area contributed by atoms with Crippen LogP contribution in [-0.4, -0.2) is 22.6 Å². The third kappa shape index (κ3) is 4.31. The first-order chi connectivity index (χ1) is 12.3. The second-order valence-electron chi connectivity index (χ2n) is 6.90. The molecule has 0 bridgehead atoms. The van der Waals surface area contributed by atoms with Crippen LogP contribution < -0.4 is 11.5 Å². The lowest BCUT2D eigenvalue weighted by atomic mass is 9.94. The van der Waals surface area contributed by atoms with E-state index in [4.69, 9.17) is 16.3 Å². The molecule has 0 saturated heterocycles. The SMILES string of the molecule is Br.Cc1ccc(-c2ccccc2)c(C)c1CON1C(N)=NC(N)=NC1(C)C. The number of hydroxylamine groups is 2. The van der Waals surface area contributed by atoms with Gasteiger partial charge in [0.1, 0.15) is 6.61 Å². The van der Waals surface area contributed by atoms with Crippen molar-refractivity contribution in [1.29, 1.82) is 0 Å². The third-order valence-electron chi connectivity index (χ3n) is 4.58. The van der Waals surface area contributed by atoms with Gasteiger partial charge in [0.05, 0.1) is 0 Å².